The summed E-state index contributed by atoms with van der Waals surface area (Å²) in [6, 6.07) is 18.8. The van der Waals surface area contributed by atoms with E-state index < -0.39 is 11.6 Å². The largest absolute Gasteiger partial charge is 0.350 e. The number of nitrogens with two attached hydrogens (primary N) is 1. The lowest BCUT2D eigenvalue weighted by Gasteiger charge is -2.36. The number of pyridine rings is 1. The van der Waals surface area contributed by atoms with Gasteiger partial charge in [-0.05, 0) is 41.3 Å². The summed E-state index contributed by atoms with van der Waals surface area (Å²) in [5.74, 6) is 6.96. The minimum atomic E-state index is -0.823. The molecule has 1 aromatic heterocycles. The minimum Gasteiger partial charge on any atom is -0.350 e. The van der Waals surface area contributed by atoms with Crippen molar-refractivity contribution in [3.05, 3.63) is 94.7 Å². The van der Waals surface area contributed by atoms with Crippen molar-refractivity contribution >= 4 is 17.8 Å². The number of anilines is 1. The average molecular weight is 438 g/mol. The maximum atomic E-state index is 12.3. The number of hydrogen-bond donors (Lipinski definition) is 2. The van der Waals surface area contributed by atoms with Crippen molar-refractivity contribution in [2.75, 3.05) is 11.9 Å². The number of amides is 3. The van der Waals surface area contributed by atoms with E-state index >= 15 is 0 Å². The monoisotopic (exact) mass is 438 g/mol. The molecule has 2 aliphatic rings. The zero-order valence-corrected chi connectivity index (χ0v) is 17.9. The molecule has 1 fully saturated rings. The molecule has 7 nitrogen and oxygen atoms in total. The van der Waals surface area contributed by atoms with Crippen molar-refractivity contribution in [2.45, 2.75) is 24.8 Å². The van der Waals surface area contributed by atoms with Crippen molar-refractivity contribution in [3.63, 3.8) is 0 Å². The molecule has 5 rings (SSSR count). The molecule has 2 aromatic carbocycles. The van der Waals surface area contributed by atoms with E-state index in [0.717, 1.165) is 27.8 Å². The van der Waals surface area contributed by atoms with Crippen LogP contribution < -0.4 is 11.1 Å². The van der Waals surface area contributed by atoms with Gasteiger partial charge in [-0.25, -0.2) is 9.78 Å². The predicted molar refractivity (Wildman–Crippen MR) is 123 cm³/mol. The molecule has 1 unspecified atom stereocenters. The minimum absolute atomic E-state index is 0.0149. The lowest BCUT2D eigenvalue weighted by Crippen LogP contribution is -2.47. The summed E-state index contributed by atoms with van der Waals surface area (Å²) >= 11 is 0. The van der Waals surface area contributed by atoms with Crippen LogP contribution in [-0.2, 0) is 21.6 Å². The first-order valence-corrected chi connectivity index (χ1v) is 10.8. The SMILES string of the molecule is NC(=O)N1OCCC1(c1ccccc1)c1cccc(C#Cc2cnc3c(c2)CCC(=O)N3)c1. The highest BCUT2D eigenvalue weighted by molar-refractivity contribution is 5.92. The summed E-state index contributed by atoms with van der Waals surface area (Å²) in [7, 11) is 0. The van der Waals surface area contributed by atoms with Gasteiger partial charge in [0.15, 0.2) is 0 Å². The van der Waals surface area contributed by atoms with Gasteiger partial charge in [0.2, 0.25) is 5.91 Å². The highest BCUT2D eigenvalue weighted by Gasteiger charge is 2.47. The van der Waals surface area contributed by atoms with E-state index in [1.165, 1.54) is 5.06 Å². The number of carbonyl (C=O) groups is 2. The van der Waals surface area contributed by atoms with Crippen LogP contribution in [0.25, 0.3) is 0 Å². The topological polar surface area (TPSA) is 97.6 Å². The highest BCUT2D eigenvalue weighted by atomic mass is 16.7. The number of rotatable bonds is 2. The molecule has 3 N–H and O–H groups in total. The van der Waals surface area contributed by atoms with E-state index in [0.29, 0.717) is 31.7 Å². The van der Waals surface area contributed by atoms with Crippen molar-refractivity contribution < 1.29 is 14.4 Å². The Hall–Kier alpha value is -4.15. The quantitative estimate of drug-likeness (QED) is 0.600. The van der Waals surface area contributed by atoms with E-state index in [9.17, 15) is 9.59 Å². The number of aryl methyl sites for hydroxylation is 1. The standard InChI is InChI=1S/C26H22N4O3/c27-25(32)30-26(13-14-33-30,21-6-2-1-3-7-21)22-8-4-5-18(16-22)9-10-19-15-20-11-12-23(31)29-24(20)28-17-19/h1-8,15-17H,11-14H2,(H2,27,32)(H,28,29,31). The first kappa shape index (κ1) is 20.7. The molecule has 33 heavy (non-hydrogen) atoms. The summed E-state index contributed by atoms with van der Waals surface area (Å²) in [4.78, 5) is 33.8. The molecule has 0 radical (unpaired) electrons. The summed E-state index contributed by atoms with van der Waals surface area (Å²) < 4.78 is 0. The van der Waals surface area contributed by atoms with Gasteiger partial charge in [-0.1, -0.05) is 54.3 Å². The van der Waals surface area contributed by atoms with Crippen LogP contribution in [0.1, 0.15) is 40.7 Å². The number of nitrogens with one attached hydrogen (secondary N) is 1. The lowest BCUT2D eigenvalue weighted by molar-refractivity contribution is -0.116. The van der Waals surface area contributed by atoms with Crippen LogP contribution in [0, 0.1) is 11.8 Å². The number of urea groups is 1. The molecule has 0 aliphatic carbocycles. The number of hydroxylamine groups is 2. The van der Waals surface area contributed by atoms with Crippen molar-refractivity contribution in [3.8, 4) is 11.8 Å². The van der Waals surface area contributed by atoms with Gasteiger partial charge >= 0.3 is 6.03 Å². The first-order chi connectivity index (χ1) is 16.1. The van der Waals surface area contributed by atoms with E-state index in [1.54, 1.807) is 6.20 Å². The molecule has 7 heteroatoms. The van der Waals surface area contributed by atoms with Gasteiger partial charge < -0.3 is 11.1 Å². The van der Waals surface area contributed by atoms with E-state index in [2.05, 4.69) is 22.1 Å². The fraction of sp³-hybridized carbons (Fsp3) is 0.192. The van der Waals surface area contributed by atoms with Crippen LogP contribution in [0.4, 0.5) is 10.6 Å². The predicted octanol–water partition coefficient (Wildman–Crippen LogP) is 3.33. The lowest BCUT2D eigenvalue weighted by atomic mass is 9.80. The van der Waals surface area contributed by atoms with Gasteiger partial charge in [-0.15, -0.1) is 0 Å². The summed E-state index contributed by atoms with van der Waals surface area (Å²) in [5.41, 5.74) is 9.22. The molecule has 3 heterocycles. The fourth-order valence-electron chi connectivity index (χ4n) is 4.47. The molecular weight excluding hydrogens is 416 g/mol. The smallest absolute Gasteiger partial charge is 0.339 e. The number of benzene rings is 2. The second kappa shape index (κ2) is 8.41. The molecule has 3 aromatic rings. The van der Waals surface area contributed by atoms with Crippen LogP contribution >= 0.6 is 0 Å². The number of hydrogen-bond acceptors (Lipinski definition) is 4. The Morgan fingerprint density at radius 3 is 2.64 bits per heavy atom. The molecule has 3 amide bonds. The van der Waals surface area contributed by atoms with E-state index in [1.807, 2.05) is 60.7 Å². The van der Waals surface area contributed by atoms with Gasteiger partial charge in [0.25, 0.3) is 0 Å². The zero-order chi connectivity index (χ0) is 22.8. The Bertz CT molecular complexity index is 1300. The molecule has 1 atom stereocenters. The Kier molecular flexibility index (Phi) is 5.29. The first-order valence-electron chi connectivity index (χ1n) is 10.8. The van der Waals surface area contributed by atoms with Crippen LogP contribution in [0.15, 0.2) is 66.9 Å². The number of primary amides is 1. The maximum absolute atomic E-state index is 12.3. The summed E-state index contributed by atoms with van der Waals surface area (Å²) in [6.45, 7) is 0.380. The van der Waals surface area contributed by atoms with Gasteiger partial charge in [0.1, 0.15) is 11.4 Å². The number of nitrogens with zero attached hydrogens (tertiary/aromatic N) is 2. The van der Waals surface area contributed by atoms with Crippen LogP contribution in [0.5, 0.6) is 0 Å². The second-order valence-corrected chi connectivity index (χ2v) is 8.05. The zero-order valence-electron chi connectivity index (χ0n) is 17.9. The fourth-order valence-corrected chi connectivity index (χ4v) is 4.47. The van der Waals surface area contributed by atoms with Crippen molar-refractivity contribution in [1.29, 1.82) is 0 Å². The summed E-state index contributed by atoms with van der Waals surface area (Å²) in [5, 5.41) is 4.05. The van der Waals surface area contributed by atoms with Crippen LogP contribution in [0.2, 0.25) is 0 Å². The van der Waals surface area contributed by atoms with Crippen molar-refractivity contribution in [1.82, 2.24) is 10.0 Å². The van der Waals surface area contributed by atoms with Crippen LogP contribution in [0.3, 0.4) is 0 Å². The van der Waals surface area contributed by atoms with Crippen molar-refractivity contribution in [2.24, 2.45) is 5.73 Å². The van der Waals surface area contributed by atoms with E-state index in [4.69, 9.17) is 10.6 Å². The molecule has 0 bridgehead atoms. The third-order valence-electron chi connectivity index (χ3n) is 6.02. The van der Waals surface area contributed by atoms with Gasteiger partial charge in [0, 0.05) is 30.2 Å². The highest BCUT2D eigenvalue weighted by Crippen LogP contribution is 2.43. The molecule has 0 saturated carbocycles. The maximum Gasteiger partial charge on any atom is 0.339 e. The third-order valence-corrected chi connectivity index (χ3v) is 6.02. The van der Waals surface area contributed by atoms with Gasteiger partial charge in [-0.3, -0.25) is 9.63 Å². The number of fused-ring (bicyclic) bond motifs is 1. The molecule has 0 spiro atoms. The third kappa shape index (κ3) is 3.81. The Morgan fingerprint density at radius 1 is 1.03 bits per heavy atom. The second-order valence-electron chi connectivity index (χ2n) is 8.05. The normalized spacial score (nSPS) is 19.3. The molecule has 2 aliphatic heterocycles. The van der Waals surface area contributed by atoms with Crippen LogP contribution in [-0.4, -0.2) is 28.6 Å². The Labute approximate surface area is 191 Å². The average Bonchev–Trinajstić information content (AvgIpc) is 3.30. The summed E-state index contributed by atoms with van der Waals surface area (Å²) in [6.07, 6.45) is 3.35. The molecule has 1 saturated heterocycles. The Morgan fingerprint density at radius 2 is 1.82 bits per heavy atom. The van der Waals surface area contributed by atoms with Gasteiger partial charge in [0.05, 0.1) is 6.61 Å². The Balaban J connectivity index is 1.52. The molecule has 164 valence electrons. The van der Waals surface area contributed by atoms with Gasteiger partial charge in [-0.2, -0.15) is 5.06 Å². The van der Waals surface area contributed by atoms with E-state index in [-0.39, 0.29) is 5.91 Å². The number of aromatic nitrogens is 1. The number of carbonyl (C=O) groups excluding carboxylic acids is 2. The molecular formula is C26H22N4O3.